The van der Waals surface area contributed by atoms with Gasteiger partial charge in [-0.15, -0.1) is 0 Å². The van der Waals surface area contributed by atoms with Gasteiger partial charge in [0.15, 0.2) is 0 Å². The summed E-state index contributed by atoms with van der Waals surface area (Å²) in [5.41, 5.74) is 1.13. The molecule has 1 fully saturated rings. The minimum absolute atomic E-state index is 0.270. The smallest absolute Gasteiger partial charge is 0.306 e. The van der Waals surface area contributed by atoms with E-state index < -0.39 is 5.97 Å². The lowest BCUT2D eigenvalue weighted by atomic mass is 9.82. The number of carbonyl (C=O) groups is 2. The van der Waals surface area contributed by atoms with Gasteiger partial charge in [0.05, 0.1) is 36.3 Å². The van der Waals surface area contributed by atoms with E-state index in [4.69, 9.17) is 37.8 Å². The molecule has 1 aromatic carbocycles. The zero-order chi connectivity index (χ0) is 24.7. The second kappa shape index (κ2) is 12.2. The molecule has 0 spiro atoms. The van der Waals surface area contributed by atoms with E-state index in [1.165, 1.54) is 6.20 Å². The van der Waals surface area contributed by atoms with Gasteiger partial charge in [0.1, 0.15) is 11.6 Å². The molecule has 2 aromatic rings. The molecule has 10 heteroatoms. The van der Waals surface area contributed by atoms with Crippen LogP contribution in [0.4, 0.5) is 5.82 Å². The van der Waals surface area contributed by atoms with E-state index in [1.807, 2.05) is 0 Å². The highest BCUT2D eigenvalue weighted by molar-refractivity contribution is 6.33. The van der Waals surface area contributed by atoms with Gasteiger partial charge in [0.2, 0.25) is 0 Å². The molecule has 0 saturated heterocycles. The van der Waals surface area contributed by atoms with Crippen LogP contribution in [0.2, 0.25) is 10.0 Å². The number of ether oxygens (including phenoxy) is 2. The number of rotatable bonds is 10. The first-order valence-electron chi connectivity index (χ1n) is 11.1. The molecule has 1 atom stereocenters. The fourth-order valence-electron chi connectivity index (χ4n) is 4.14. The number of aliphatic carboxylic acids is 1. The van der Waals surface area contributed by atoms with E-state index in [0.29, 0.717) is 48.1 Å². The number of halogens is 2. The third-order valence-electron chi connectivity index (χ3n) is 6.06. The van der Waals surface area contributed by atoms with Gasteiger partial charge in [0, 0.05) is 30.4 Å². The molecule has 0 radical (unpaired) electrons. The molecule has 1 unspecified atom stereocenters. The Balaban J connectivity index is 1.64. The number of hydrogen-bond acceptors (Lipinski definition) is 6. The van der Waals surface area contributed by atoms with Crippen molar-refractivity contribution in [3.05, 3.63) is 51.6 Å². The van der Waals surface area contributed by atoms with E-state index >= 15 is 0 Å². The SMILES string of the molecule is COCC(Nc1ncc(C(=O)NC[C@H]2CC[C@H](C(=O)O)CC2)cc1Cl)c1cc(Cl)ccc1OC. The average molecular weight is 510 g/mol. The Hall–Kier alpha value is -2.55. The Bertz CT molecular complexity index is 1010. The minimum atomic E-state index is -0.738. The number of carboxylic acids is 1. The summed E-state index contributed by atoms with van der Waals surface area (Å²) in [5.74, 6) is 0.0256. The summed E-state index contributed by atoms with van der Waals surface area (Å²) in [4.78, 5) is 28.1. The van der Waals surface area contributed by atoms with E-state index in [2.05, 4.69) is 15.6 Å². The summed E-state index contributed by atoms with van der Waals surface area (Å²) >= 11 is 12.6. The molecule has 1 amide bonds. The van der Waals surface area contributed by atoms with Crippen LogP contribution >= 0.6 is 23.2 Å². The highest BCUT2D eigenvalue weighted by Crippen LogP contribution is 2.32. The molecular weight excluding hydrogens is 481 g/mol. The first kappa shape index (κ1) is 26.1. The molecule has 184 valence electrons. The zero-order valence-electron chi connectivity index (χ0n) is 19.1. The number of aromatic nitrogens is 1. The summed E-state index contributed by atoms with van der Waals surface area (Å²) in [7, 11) is 3.16. The van der Waals surface area contributed by atoms with Crippen LogP contribution < -0.4 is 15.4 Å². The van der Waals surface area contributed by atoms with E-state index in [9.17, 15) is 9.59 Å². The topological polar surface area (TPSA) is 110 Å². The largest absolute Gasteiger partial charge is 0.496 e. The number of anilines is 1. The molecule has 34 heavy (non-hydrogen) atoms. The number of carboxylic acid groups (broad SMARTS) is 1. The van der Waals surface area contributed by atoms with Gasteiger partial charge in [-0.05, 0) is 55.9 Å². The van der Waals surface area contributed by atoms with Crippen LogP contribution in [-0.2, 0) is 9.53 Å². The van der Waals surface area contributed by atoms with Crippen molar-refractivity contribution in [1.29, 1.82) is 0 Å². The van der Waals surface area contributed by atoms with E-state index in [-0.39, 0.29) is 28.8 Å². The quantitative estimate of drug-likeness (QED) is 0.421. The molecule has 1 aliphatic rings. The molecule has 1 saturated carbocycles. The van der Waals surface area contributed by atoms with Crippen LogP contribution in [0.15, 0.2) is 30.5 Å². The van der Waals surface area contributed by atoms with Crippen LogP contribution in [0, 0.1) is 11.8 Å². The summed E-state index contributed by atoms with van der Waals surface area (Å²) in [6, 6.07) is 6.52. The lowest BCUT2D eigenvalue weighted by molar-refractivity contribution is -0.143. The van der Waals surface area contributed by atoms with Crippen molar-refractivity contribution in [2.75, 3.05) is 32.7 Å². The number of carbonyl (C=O) groups excluding carboxylic acids is 1. The van der Waals surface area contributed by atoms with Crippen molar-refractivity contribution >= 4 is 40.9 Å². The maximum atomic E-state index is 12.6. The van der Waals surface area contributed by atoms with Crippen molar-refractivity contribution in [3.8, 4) is 5.75 Å². The summed E-state index contributed by atoms with van der Waals surface area (Å²) in [6.45, 7) is 0.800. The van der Waals surface area contributed by atoms with Gasteiger partial charge in [-0.2, -0.15) is 0 Å². The van der Waals surface area contributed by atoms with Gasteiger partial charge in [-0.1, -0.05) is 23.2 Å². The lowest BCUT2D eigenvalue weighted by Crippen LogP contribution is -2.32. The molecule has 3 N–H and O–H groups in total. The molecule has 3 rings (SSSR count). The van der Waals surface area contributed by atoms with Crippen molar-refractivity contribution in [1.82, 2.24) is 10.3 Å². The fraction of sp³-hybridized carbons (Fsp3) is 0.458. The predicted octanol–water partition coefficient (Wildman–Crippen LogP) is 4.82. The fourth-order valence-corrected chi connectivity index (χ4v) is 4.54. The van der Waals surface area contributed by atoms with Crippen LogP contribution in [-0.4, -0.2) is 49.3 Å². The molecule has 0 bridgehead atoms. The van der Waals surface area contributed by atoms with Gasteiger partial charge < -0.3 is 25.2 Å². The number of methoxy groups -OCH3 is 2. The third kappa shape index (κ3) is 6.74. The van der Waals surface area contributed by atoms with Gasteiger partial charge in [-0.25, -0.2) is 4.98 Å². The van der Waals surface area contributed by atoms with Crippen LogP contribution in [0.3, 0.4) is 0 Å². The first-order valence-corrected chi connectivity index (χ1v) is 11.8. The molecule has 1 aliphatic carbocycles. The van der Waals surface area contributed by atoms with Crippen LogP contribution in [0.5, 0.6) is 5.75 Å². The number of nitrogens with zero attached hydrogens (tertiary/aromatic N) is 1. The zero-order valence-corrected chi connectivity index (χ0v) is 20.7. The van der Waals surface area contributed by atoms with Gasteiger partial charge >= 0.3 is 5.97 Å². The standard InChI is InChI=1S/C24H29Cl2N3O5/c1-33-13-20(18-10-17(25)7-8-21(18)34-2)29-22-19(26)9-16(12-27-22)23(30)28-11-14-3-5-15(6-4-14)24(31)32/h7-10,12,14-15,20H,3-6,11,13H2,1-2H3,(H,27,29)(H,28,30)(H,31,32)/t14-,15-,20?. The lowest BCUT2D eigenvalue weighted by Gasteiger charge is -2.26. The van der Waals surface area contributed by atoms with Crippen molar-refractivity contribution in [2.45, 2.75) is 31.7 Å². The first-order chi connectivity index (χ1) is 16.3. The van der Waals surface area contributed by atoms with Crippen LogP contribution in [0.1, 0.15) is 47.6 Å². The van der Waals surface area contributed by atoms with E-state index in [0.717, 1.165) is 18.4 Å². The number of pyridine rings is 1. The summed E-state index contributed by atoms with van der Waals surface area (Å²) in [6.07, 6.45) is 4.32. The molecular formula is C24H29Cl2N3O5. The maximum absolute atomic E-state index is 12.6. The second-order valence-corrected chi connectivity index (χ2v) is 9.20. The number of hydrogen-bond donors (Lipinski definition) is 3. The number of nitrogens with one attached hydrogen (secondary N) is 2. The Kier molecular flexibility index (Phi) is 9.38. The monoisotopic (exact) mass is 509 g/mol. The predicted molar refractivity (Wildman–Crippen MR) is 131 cm³/mol. The van der Waals surface area contributed by atoms with Crippen LogP contribution in [0.25, 0.3) is 0 Å². The van der Waals surface area contributed by atoms with Crippen molar-refractivity contribution < 1.29 is 24.2 Å². The molecule has 1 heterocycles. The maximum Gasteiger partial charge on any atom is 0.306 e. The third-order valence-corrected chi connectivity index (χ3v) is 6.59. The minimum Gasteiger partial charge on any atom is -0.496 e. The second-order valence-electron chi connectivity index (χ2n) is 8.36. The summed E-state index contributed by atoms with van der Waals surface area (Å²) in [5, 5.41) is 16.1. The Morgan fingerprint density at radius 2 is 1.91 bits per heavy atom. The highest BCUT2D eigenvalue weighted by Gasteiger charge is 2.26. The van der Waals surface area contributed by atoms with Crippen molar-refractivity contribution in [2.24, 2.45) is 11.8 Å². The van der Waals surface area contributed by atoms with Crippen molar-refractivity contribution in [3.63, 3.8) is 0 Å². The normalized spacial score (nSPS) is 18.7. The Labute approximate surface area is 208 Å². The summed E-state index contributed by atoms with van der Waals surface area (Å²) < 4.78 is 10.8. The molecule has 1 aromatic heterocycles. The van der Waals surface area contributed by atoms with E-state index in [1.54, 1.807) is 38.5 Å². The average Bonchev–Trinajstić information content (AvgIpc) is 2.83. The molecule has 0 aliphatic heterocycles. The number of benzene rings is 1. The number of amides is 1. The highest BCUT2D eigenvalue weighted by atomic mass is 35.5. The molecule has 8 nitrogen and oxygen atoms in total. The Morgan fingerprint density at radius 1 is 1.18 bits per heavy atom. The Morgan fingerprint density at radius 3 is 2.53 bits per heavy atom. The van der Waals surface area contributed by atoms with Gasteiger partial charge in [-0.3, -0.25) is 9.59 Å². The van der Waals surface area contributed by atoms with Gasteiger partial charge in [0.25, 0.3) is 5.91 Å².